The van der Waals surface area contributed by atoms with Crippen molar-refractivity contribution in [3.05, 3.63) is 20.3 Å². The SMILES string of the molecule is CC1CCN(CC(=O)c2cc(Cl)sc2Cl)C1CO. The van der Waals surface area contributed by atoms with E-state index in [9.17, 15) is 9.90 Å². The van der Waals surface area contributed by atoms with E-state index in [1.165, 1.54) is 11.3 Å². The van der Waals surface area contributed by atoms with Crippen LogP contribution in [0, 0.1) is 5.92 Å². The summed E-state index contributed by atoms with van der Waals surface area (Å²) in [6.07, 6.45) is 1.01. The van der Waals surface area contributed by atoms with Crippen LogP contribution in [0.5, 0.6) is 0 Å². The highest BCUT2D eigenvalue weighted by Crippen LogP contribution is 2.32. The molecule has 1 saturated heterocycles. The number of halogens is 2. The molecule has 0 saturated carbocycles. The number of aliphatic hydroxyl groups excluding tert-OH is 1. The number of hydrogen-bond donors (Lipinski definition) is 1. The molecule has 2 atom stereocenters. The molecule has 1 aromatic heterocycles. The maximum absolute atomic E-state index is 12.1. The third-order valence-electron chi connectivity index (χ3n) is 3.49. The van der Waals surface area contributed by atoms with Gasteiger partial charge in [-0.3, -0.25) is 9.69 Å². The maximum atomic E-state index is 12.1. The second-order valence-corrected chi connectivity index (χ2v) is 6.93. The van der Waals surface area contributed by atoms with Crippen molar-refractivity contribution < 1.29 is 9.90 Å². The summed E-state index contributed by atoms with van der Waals surface area (Å²) in [4.78, 5) is 14.2. The normalized spacial score (nSPS) is 24.7. The molecular weight excluding hydrogens is 293 g/mol. The third-order valence-corrected chi connectivity index (χ3v) is 4.98. The number of carbonyl (C=O) groups is 1. The molecule has 2 heterocycles. The van der Waals surface area contributed by atoms with Gasteiger partial charge in [-0.1, -0.05) is 30.1 Å². The van der Waals surface area contributed by atoms with E-state index in [4.69, 9.17) is 23.2 Å². The first kappa shape index (κ1) is 14.3. The molecule has 1 fully saturated rings. The van der Waals surface area contributed by atoms with Gasteiger partial charge >= 0.3 is 0 Å². The number of aliphatic hydroxyl groups is 1. The Morgan fingerprint density at radius 2 is 2.33 bits per heavy atom. The number of thiophene rings is 1. The quantitative estimate of drug-likeness (QED) is 0.870. The predicted molar refractivity (Wildman–Crippen MR) is 74.9 cm³/mol. The van der Waals surface area contributed by atoms with Crippen molar-refractivity contribution in [2.75, 3.05) is 19.7 Å². The highest BCUT2D eigenvalue weighted by atomic mass is 35.5. The molecule has 0 radical (unpaired) electrons. The molecule has 1 N–H and O–H groups in total. The van der Waals surface area contributed by atoms with E-state index in [2.05, 4.69) is 6.92 Å². The van der Waals surface area contributed by atoms with E-state index < -0.39 is 0 Å². The molecule has 6 heteroatoms. The largest absolute Gasteiger partial charge is 0.395 e. The van der Waals surface area contributed by atoms with E-state index in [1.54, 1.807) is 6.07 Å². The molecule has 2 unspecified atom stereocenters. The smallest absolute Gasteiger partial charge is 0.179 e. The van der Waals surface area contributed by atoms with Crippen molar-refractivity contribution in [3.63, 3.8) is 0 Å². The van der Waals surface area contributed by atoms with Crippen molar-refractivity contribution >= 4 is 40.3 Å². The molecular formula is C12H15Cl2NO2S. The van der Waals surface area contributed by atoms with Gasteiger partial charge in [-0.2, -0.15) is 0 Å². The highest BCUT2D eigenvalue weighted by Gasteiger charge is 2.32. The van der Waals surface area contributed by atoms with Crippen molar-refractivity contribution in [2.24, 2.45) is 5.92 Å². The van der Waals surface area contributed by atoms with Crippen LogP contribution in [0.4, 0.5) is 0 Å². The number of carbonyl (C=O) groups excluding carboxylic acids is 1. The summed E-state index contributed by atoms with van der Waals surface area (Å²) in [5.74, 6) is 0.389. The summed E-state index contributed by atoms with van der Waals surface area (Å²) in [5, 5.41) is 9.35. The van der Waals surface area contributed by atoms with Crippen LogP contribution >= 0.6 is 34.5 Å². The van der Waals surface area contributed by atoms with E-state index in [0.717, 1.165) is 13.0 Å². The molecule has 18 heavy (non-hydrogen) atoms. The summed E-state index contributed by atoms with van der Waals surface area (Å²) in [7, 11) is 0. The van der Waals surface area contributed by atoms with Crippen molar-refractivity contribution in [3.8, 4) is 0 Å². The van der Waals surface area contributed by atoms with Gasteiger partial charge < -0.3 is 5.11 Å². The summed E-state index contributed by atoms with van der Waals surface area (Å²) < 4.78 is 0.967. The molecule has 1 aliphatic heterocycles. The Labute approximate surface area is 120 Å². The van der Waals surface area contributed by atoms with Gasteiger partial charge in [-0.25, -0.2) is 0 Å². The standard InChI is InChI=1S/C12H15Cl2NO2S/c1-7-2-3-15(9(7)6-16)5-10(17)8-4-11(13)18-12(8)14/h4,7,9,16H,2-3,5-6H2,1H3. The Kier molecular flexibility index (Phi) is 4.67. The zero-order chi connectivity index (χ0) is 13.3. The highest BCUT2D eigenvalue weighted by molar-refractivity contribution is 7.20. The van der Waals surface area contributed by atoms with Gasteiger partial charge in [0.1, 0.15) is 4.34 Å². The van der Waals surface area contributed by atoms with Crippen LogP contribution in [0.25, 0.3) is 0 Å². The second kappa shape index (κ2) is 5.88. The van der Waals surface area contributed by atoms with Crippen molar-refractivity contribution in [1.82, 2.24) is 4.90 Å². The molecule has 0 spiro atoms. The average molecular weight is 308 g/mol. The lowest BCUT2D eigenvalue weighted by Crippen LogP contribution is -2.38. The van der Waals surface area contributed by atoms with Crippen LogP contribution in [0.3, 0.4) is 0 Å². The van der Waals surface area contributed by atoms with E-state index in [1.807, 2.05) is 4.90 Å². The molecule has 1 aromatic rings. The van der Waals surface area contributed by atoms with Gasteiger partial charge in [0.15, 0.2) is 5.78 Å². The molecule has 3 nitrogen and oxygen atoms in total. The topological polar surface area (TPSA) is 40.5 Å². The lowest BCUT2D eigenvalue weighted by atomic mass is 10.0. The molecule has 1 aliphatic rings. The summed E-state index contributed by atoms with van der Waals surface area (Å²) in [6.45, 7) is 3.32. The average Bonchev–Trinajstić information content (AvgIpc) is 2.82. The Hall–Kier alpha value is -0.130. The first-order valence-electron chi connectivity index (χ1n) is 5.86. The van der Waals surface area contributed by atoms with Gasteiger partial charge in [0, 0.05) is 6.04 Å². The number of ketones is 1. The number of likely N-dealkylation sites (tertiary alicyclic amines) is 1. The number of Topliss-reactive ketones (excluding diaryl/α,β-unsaturated/α-hetero) is 1. The van der Waals surface area contributed by atoms with Gasteiger partial charge in [0.05, 0.1) is 23.1 Å². The minimum Gasteiger partial charge on any atom is -0.395 e. The summed E-state index contributed by atoms with van der Waals surface area (Å²) in [6, 6.07) is 1.69. The fourth-order valence-corrected chi connectivity index (χ4v) is 3.88. The van der Waals surface area contributed by atoms with Crippen LogP contribution < -0.4 is 0 Å². The second-order valence-electron chi connectivity index (χ2n) is 4.65. The monoisotopic (exact) mass is 307 g/mol. The minimum atomic E-state index is -0.0318. The van der Waals surface area contributed by atoms with E-state index >= 15 is 0 Å². The zero-order valence-corrected chi connectivity index (χ0v) is 12.4. The van der Waals surface area contributed by atoms with Gasteiger partial charge in [-0.15, -0.1) is 11.3 Å². The molecule has 2 rings (SSSR count). The van der Waals surface area contributed by atoms with E-state index in [-0.39, 0.29) is 18.4 Å². The Morgan fingerprint density at radius 1 is 1.61 bits per heavy atom. The molecule has 0 aromatic carbocycles. The van der Waals surface area contributed by atoms with Crippen molar-refractivity contribution in [2.45, 2.75) is 19.4 Å². The lowest BCUT2D eigenvalue weighted by molar-refractivity contribution is 0.0866. The lowest BCUT2D eigenvalue weighted by Gasteiger charge is -2.24. The molecule has 0 aliphatic carbocycles. The van der Waals surface area contributed by atoms with Gasteiger partial charge in [0.2, 0.25) is 0 Å². The fourth-order valence-electron chi connectivity index (χ4n) is 2.38. The van der Waals surface area contributed by atoms with Crippen LogP contribution in [-0.2, 0) is 0 Å². The van der Waals surface area contributed by atoms with Crippen LogP contribution in [0.15, 0.2) is 6.07 Å². The molecule has 100 valence electrons. The summed E-state index contributed by atoms with van der Waals surface area (Å²) in [5.41, 5.74) is 0.489. The summed E-state index contributed by atoms with van der Waals surface area (Å²) >= 11 is 13.0. The van der Waals surface area contributed by atoms with Crippen LogP contribution in [0.2, 0.25) is 8.67 Å². The number of hydrogen-bond acceptors (Lipinski definition) is 4. The van der Waals surface area contributed by atoms with Crippen LogP contribution in [-0.4, -0.2) is 41.5 Å². The first-order chi connectivity index (χ1) is 8.52. The fraction of sp³-hybridized carbons (Fsp3) is 0.583. The van der Waals surface area contributed by atoms with Gasteiger partial charge in [0.25, 0.3) is 0 Å². The van der Waals surface area contributed by atoms with Crippen molar-refractivity contribution in [1.29, 1.82) is 0 Å². The maximum Gasteiger partial charge on any atom is 0.179 e. The Balaban J connectivity index is 2.06. The number of rotatable bonds is 4. The van der Waals surface area contributed by atoms with Gasteiger partial charge in [-0.05, 0) is 24.9 Å². The molecule has 0 amide bonds. The third kappa shape index (κ3) is 2.89. The number of nitrogens with zero attached hydrogens (tertiary/aromatic N) is 1. The zero-order valence-electron chi connectivity index (χ0n) is 10.0. The van der Waals surface area contributed by atoms with Crippen LogP contribution in [0.1, 0.15) is 23.7 Å². The first-order valence-corrected chi connectivity index (χ1v) is 7.43. The van der Waals surface area contributed by atoms with E-state index in [0.29, 0.717) is 26.7 Å². The minimum absolute atomic E-state index is 0.0318. The molecule has 0 bridgehead atoms. The Morgan fingerprint density at radius 3 is 2.89 bits per heavy atom. The predicted octanol–water partition coefficient (Wildman–Crippen LogP) is 2.94. The Bertz CT molecular complexity index is 449.